The van der Waals surface area contributed by atoms with Gasteiger partial charge in [-0.1, -0.05) is 0 Å². The number of thiophene rings is 1. The average Bonchev–Trinajstić information content (AvgIpc) is 2.85. The Morgan fingerprint density at radius 2 is 2.00 bits per heavy atom. The molecule has 1 aromatic heterocycles. The number of benzene rings is 1. The van der Waals surface area contributed by atoms with E-state index in [9.17, 15) is 24.2 Å². The molecule has 0 radical (unpaired) electrons. The number of fused-ring (bicyclic) bond motifs is 1. The van der Waals surface area contributed by atoms with Crippen LogP contribution in [0.2, 0.25) is 0 Å². The maximum Gasteiger partial charge on any atom is 0.305 e. The molecule has 0 amide bonds. The number of ether oxygens (including phenoxy) is 1. The first kappa shape index (κ1) is 14.3. The lowest BCUT2D eigenvalue weighted by Gasteiger charge is -1.99. The molecule has 0 spiro atoms. The van der Waals surface area contributed by atoms with E-state index in [2.05, 4.69) is 4.74 Å². The molecule has 2 rings (SSSR count). The average molecular weight is 298 g/mol. The monoisotopic (exact) mass is 298 g/mol. The third-order valence-electron chi connectivity index (χ3n) is 2.77. The van der Waals surface area contributed by atoms with E-state index in [-0.39, 0.29) is 28.9 Å². The molecular formula is C13H11FO5S. The van der Waals surface area contributed by atoms with E-state index < -0.39 is 23.3 Å². The van der Waals surface area contributed by atoms with Gasteiger partial charge in [0, 0.05) is 22.6 Å². The number of rotatable bonds is 4. The summed E-state index contributed by atoms with van der Waals surface area (Å²) in [6, 6.07) is 2.49. The van der Waals surface area contributed by atoms with Crippen molar-refractivity contribution in [3.63, 3.8) is 0 Å². The molecule has 0 aliphatic carbocycles. The Labute approximate surface area is 117 Å². The van der Waals surface area contributed by atoms with E-state index in [0.29, 0.717) is 4.70 Å². The standard InChI is InChI=1S/C13H11FO5S/c1-19-11(17)3-2-7(15)10-4-6-9(20-10)5-8(16)13(18)12(6)14/h4-5,16,18H,2-3H2,1H3. The topological polar surface area (TPSA) is 83.8 Å². The summed E-state index contributed by atoms with van der Waals surface area (Å²) in [5.74, 6) is -3.21. The second-order valence-electron chi connectivity index (χ2n) is 4.08. The number of hydrogen-bond donors (Lipinski definition) is 2. The van der Waals surface area contributed by atoms with Crippen LogP contribution in [0.15, 0.2) is 12.1 Å². The van der Waals surface area contributed by atoms with Crippen molar-refractivity contribution in [2.75, 3.05) is 7.11 Å². The van der Waals surface area contributed by atoms with Gasteiger partial charge in [0.2, 0.25) is 0 Å². The maximum atomic E-state index is 13.7. The summed E-state index contributed by atoms with van der Waals surface area (Å²) in [5.41, 5.74) is 0. The van der Waals surface area contributed by atoms with Crippen LogP contribution >= 0.6 is 11.3 Å². The van der Waals surface area contributed by atoms with Crippen molar-refractivity contribution in [3.05, 3.63) is 22.8 Å². The number of phenols is 2. The number of carbonyl (C=O) groups is 2. The van der Waals surface area contributed by atoms with Crippen LogP contribution in [-0.2, 0) is 9.53 Å². The van der Waals surface area contributed by atoms with Crippen LogP contribution in [0.25, 0.3) is 10.1 Å². The number of ketones is 1. The quantitative estimate of drug-likeness (QED) is 0.515. The number of Topliss-reactive ketones (excluding diaryl/α,β-unsaturated/α-hetero) is 1. The zero-order valence-corrected chi connectivity index (χ0v) is 11.3. The predicted molar refractivity (Wildman–Crippen MR) is 70.7 cm³/mol. The molecule has 2 N–H and O–H groups in total. The van der Waals surface area contributed by atoms with Crippen molar-refractivity contribution in [2.45, 2.75) is 12.8 Å². The first-order chi connectivity index (χ1) is 9.43. The molecule has 0 saturated carbocycles. The molecule has 1 heterocycles. The van der Waals surface area contributed by atoms with E-state index in [1.165, 1.54) is 19.2 Å². The van der Waals surface area contributed by atoms with Crippen LogP contribution < -0.4 is 0 Å². The molecule has 0 fully saturated rings. The van der Waals surface area contributed by atoms with Gasteiger partial charge in [0.05, 0.1) is 18.4 Å². The zero-order valence-electron chi connectivity index (χ0n) is 10.5. The molecule has 106 valence electrons. The predicted octanol–water partition coefficient (Wildman–Crippen LogP) is 2.59. The summed E-state index contributed by atoms with van der Waals surface area (Å²) in [6.45, 7) is 0. The number of halogens is 1. The highest BCUT2D eigenvalue weighted by atomic mass is 32.1. The molecule has 0 aliphatic rings. The molecule has 0 bridgehead atoms. The van der Waals surface area contributed by atoms with E-state index in [4.69, 9.17) is 0 Å². The number of hydrogen-bond acceptors (Lipinski definition) is 6. The van der Waals surface area contributed by atoms with E-state index in [0.717, 1.165) is 11.3 Å². The fourth-order valence-electron chi connectivity index (χ4n) is 1.69. The Kier molecular flexibility index (Phi) is 3.89. The lowest BCUT2D eigenvalue weighted by molar-refractivity contribution is -0.140. The number of phenolic OH excluding ortho intramolecular Hbond substituents is 2. The SMILES string of the molecule is COC(=O)CCC(=O)c1cc2c(F)c(O)c(O)cc2s1. The summed E-state index contributed by atoms with van der Waals surface area (Å²) in [7, 11) is 1.23. The van der Waals surface area contributed by atoms with Crippen molar-refractivity contribution >= 4 is 33.2 Å². The molecular weight excluding hydrogens is 287 g/mol. The molecule has 0 atom stereocenters. The fourth-order valence-corrected chi connectivity index (χ4v) is 2.75. The van der Waals surface area contributed by atoms with Gasteiger partial charge in [-0.15, -0.1) is 11.3 Å². The normalized spacial score (nSPS) is 10.7. The first-order valence-corrected chi connectivity index (χ1v) is 6.49. The van der Waals surface area contributed by atoms with E-state index >= 15 is 0 Å². The van der Waals surface area contributed by atoms with Gasteiger partial charge in [-0.05, 0) is 6.07 Å². The molecule has 2 aromatic rings. The Balaban J connectivity index is 2.30. The lowest BCUT2D eigenvalue weighted by Crippen LogP contribution is -2.04. The van der Waals surface area contributed by atoms with Gasteiger partial charge in [0.25, 0.3) is 0 Å². The maximum absolute atomic E-state index is 13.7. The van der Waals surface area contributed by atoms with Crippen molar-refractivity contribution in [1.29, 1.82) is 0 Å². The minimum absolute atomic E-state index is 0.0426. The van der Waals surface area contributed by atoms with Crippen molar-refractivity contribution in [1.82, 2.24) is 0 Å². The van der Waals surface area contributed by atoms with Crippen LogP contribution in [-0.4, -0.2) is 29.1 Å². The van der Waals surface area contributed by atoms with Gasteiger partial charge in [-0.2, -0.15) is 0 Å². The van der Waals surface area contributed by atoms with Crippen LogP contribution in [0.5, 0.6) is 11.5 Å². The number of carbonyl (C=O) groups excluding carboxylic acids is 2. The van der Waals surface area contributed by atoms with Gasteiger partial charge in [0.15, 0.2) is 23.1 Å². The third kappa shape index (κ3) is 2.57. The van der Waals surface area contributed by atoms with E-state index in [1.54, 1.807) is 0 Å². The van der Waals surface area contributed by atoms with Gasteiger partial charge < -0.3 is 14.9 Å². The lowest BCUT2D eigenvalue weighted by atomic mass is 10.1. The van der Waals surface area contributed by atoms with Crippen LogP contribution in [0.4, 0.5) is 4.39 Å². The molecule has 0 aliphatic heterocycles. The smallest absolute Gasteiger partial charge is 0.305 e. The fraction of sp³-hybridized carbons (Fsp3) is 0.231. The molecule has 1 aromatic carbocycles. The van der Waals surface area contributed by atoms with Gasteiger partial charge >= 0.3 is 5.97 Å². The van der Waals surface area contributed by atoms with Gasteiger partial charge in [0.1, 0.15) is 0 Å². The van der Waals surface area contributed by atoms with Crippen molar-refractivity contribution in [2.24, 2.45) is 0 Å². The largest absolute Gasteiger partial charge is 0.504 e. The second kappa shape index (κ2) is 5.46. The summed E-state index contributed by atoms with van der Waals surface area (Å²) in [5, 5.41) is 18.7. The van der Waals surface area contributed by atoms with Crippen molar-refractivity contribution in [3.8, 4) is 11.5 Å². The van der Waals surface area contributed by atoms with Crippen LogP contribution in [0, 0.1) is 5.82 Å². The molecule has 7 heteroatoms. The summed E-state index contributed by atoms with van der Waals surface area (Å²) < 4.78 is 18.5. The molecule has 5 nitrogen and oxygen atoms in total. The summed E-state index contributed by atoms with van der Waals surface area (Å²) in [4.78, 5) is 23.1. The molecule has 0 unspecified atom stereocenters. The highest BCUT2D eigenvalue weighted by Crippen LogP contribution is 2.38. The van der Waals surface area contributed by atoms with Gasteiger partial charge in [-0.25, -0.2) is 4.39 Å². The molecule has 20 heavy (non-hydrogen) atoms. The number of methoxy groups -OCH3 is 1. The van der Waals surface area contributed by atoms with E-state index in [1.807, 2.05) is 0 Å². The van der Waals surface area contributed by atoms with Crippen molar-refractivity contribution < 1.29 is 28.9 Å². The highest BCUT2D eigenvalue weighted by molar-refractivity contribution is 7.20. The minimum atomic E-state index is -0.969. The third-order valence-corrected chi connectivity index (χ3v) is 3.90. The Hall–Kier alpha value is -2.15. The molecule has 0 saturated heterocycles. The summed E-state index contributed by atoms with van der Waals surface area (Å²) in [6.07, 6.45) is -0.0956. The Morgan fingerprint density at radius 3 is 2.65 bits per heavy atom. The highest BCUT2D eigenvalue weighted by Gasteiger charge is 2.18. The number of esters is 1. The summed E-state index contributed by atoms with van der Waals surface area (Å²) >= 11 is 0.989. The Morgan fingerprint density at radius 1 is 1.30 bits per heavy atom. The van der Waals surface area contributed by atoms with Gasteiger partial charge in [-0.3, -0.25) is 9.59 Å². The zero-order chi connectivity index (χ0) is 14.9. The first-order valence-electron chi connectivity index (χ1n) is 5.68. The minimum Gasteiger partial charge on any atom is -0.504 e. The van der Waals surface area contributed by atoms with Crippen LogP contribution in [0.1, 0.15) is 22.5 Å². The Bertz CT molecular complexity index is 692. The van der Waals surface area contributed by atoms with Crippen LogP contribution in [0.3, 0.4) is 0 Å². The second-order valence-corrected chi connectivity index (χ2v) is 5.16. The number of aromatic hydroxyl groups is 2.